The standard InChI is InChI=1S/C14H19F3O/c1-3-4-7-10-13(2,18)11-8-5-6-9-12(11)14(15,16)17/h5-6,8-9,18H,3-4,7,10H2,1-2H3. The molecule has 1 unspecified atom stereocenters. The minimum Gasteiger partial charge on any atom is -0.385 e. The zero-order valence-corrected chi connectivity index (χ0v) is 10.7. The van der Waals surface area contributed by atoms with E-state index < -0.39 is 17.3 Å². The maximum absolute atomic E-state index is 12.9. The minimum absolute atomic E-state index is 0.0337. The Bertz CT molecular complexity index is 383. The summed E-state index contributed by atoms with van der Waals surface area (Å²) in [7, 11) is 0. The number of benzene rings is 1. The van der Waals surface area contributed by atoms with Gasteiger partial charge < -0.3 is 5.11 Å². The second-order valence-corrected chi connectivity index (χ2v) is 4.77. The average molecular weight is 260 g/mol. The molecule has 102 valence electrons. The first-order chi connectivity index (χ1) is 8.29. The van der Waals surface area contributed by atoms with Gasteiger partial charge in [-0.2, -0.15) is 13.2 Å². The molecule has 0 bridgehead atoms. The van der Waals surface area contributed by atoms with Crippen molar-refractivity contribution >= 4 is 0 Å². The van der Waals surface area contributed by atoms with E-state index in [0.29, 0.717) is 6.42 Å². The number of unbranched alkanes of at least 4 members (excludes halogenated alkanes) is 2. The fourth-order valence-electron chi connectivity index (χ4n) is 2.05. The Morgan fingerprint density at radius 1 is 1.06 bits per heavy atom. The molecule has 0 aliphatic rings. The number of aliphatic hydroxyl groups is 1. The van der Waals surface area contributed by atoms with Gasteiger partial charge in [-0.05, 0) is 25.0 Å². The van der Waals surface area contributed by atoms with Crippen LogP contribution in [0.3, 0.4) is 0 Å². The Hall–Kier alpha value is -1.03. The van der Waals surface area contributed by atoms with E-state index in [2.05, 4.69) is 0 Å². The summed E-state index contributed by atoms with van der Waals surface area (Å²) in [6.07, 6.45) is -1.49. The van der Waals surface area contributed by atoms with Gasteiger partial charge in [-0.1, -0.05) is 44.4 Å². The lowest BCUT2D eigenvalue weighted by Crippen LogP contribution is -2.25. The van der Waals surface area contributed by atoms with Crippen molar-refractivity contribution in [2.75, 3.05) is 0 Å². The van der Waals surface area contributed by atoms with Gasteiger partial charge >= 0.3 is 6.18 Å². The number of hydrogen-bond donors (Lipinski definition) is 1. The molecular weight excluding hydrogens is 241 g/mol. The zero-order chi connectivity index (χ0) is 13.8. The first kappa shape index (κ1) is 15.0. The molecule has 18 heavy (non-hydrogen) atoms. The Morgan fingerprint density at radius 2 is 1.61 bits per heavy atom. The molecule has 1 N–H and O–H groups in total. The Kier molecular flexibility index (Phi) is 4.79. The van der Waals surface area contributed by atoms with Crippen LogP contribution in [0.5, 0.6) is 0 Å². The van der Waals surface area contributed by atoms with E-state index >= 15 is 0 Å². The van der Waals surface area contributed by atoms with Crippen LogP contribution in [0.4, 0.5) is 13.2 Å². The van der Waals surface area contributed by atoms with Gasteiger partial charge in [-0.3, -0.25) is 0 Å². The third-order valence-corrected chi connectivity index (χ3v) is 3.08. The van der Waals surface area contributed by atoms with Crippen LogP contribution in [0.25, 0.3) is 0 Å². The minimum atomic E-state index is -4.43. The van der Waals surface area contributed by atoms with Crippen molar-refractivity contribution in [1.82, 2.24) is 0 Å². The van der Waals surface area contributed by atoms with Gasteiger partial charge in [0.25, 0.3) is 0 Å². The van der Waals surface area contributed by atoms with E-state index in [1.165, 1.54) is 25.1 Å². The van der Waals surface area contributed by atoms with E-state index in [0.717, 1.165) is 25.3 Å². The summed E-state index contributed by atoms with van der Waals surface area (Å²) in [5.41, 5.74) is -2.21. The fourth-order valence-corrected chi connectivity index (χ4v) is 2.05. The quantitative estimate of drug-likeness (QED) is 0.773. The highest BCUT2D eigenvalue weighted by Crippen LogP contribution is 2.38. The highest BCUT2D eigenvalue weighted by atomic mass is 19.4. The van der Waals surface area contributed by atoms with Gasteiger partial charge in [-0.25, -0.2) is 0 Å². The summed E-state index contributed by atoms with van der Waals surface area (Å²) in [4.78, 5) is 0. The SMILES string of the molecule is CCCCCC(C)(O)c1ccccc1C(F)(F)F. The topological polar surface area (TPSA) is 20.2 Å². The van der Waals surface area contributed by atoms with Crippen LogP contribution >= 0.6 is 0 Å². The van der Waals surface area contributed by atoms with Gasteiger partial charge in [0.05, 0.1) is 11.2 Å². The van der Waals surface area contributed by atoms with E-state index in [-0.39, 0.29) is 5.56 Å². The van der Waals surface area contributed by atoms with Gasteiger partial charge in [0, 0.05) is 0 Å². The number of alkyl halides is 3. The lowest BCUT2D eigenvalue weighted by Gasteiger charge is -2.27. The first-order valence-corrected chi connectivity index (χ1v) is 6.18. The maximum Gasteiger partial charge on any atom is 0.416 e. The molecule has 0 aliphatic carbocycles. The summed E-state index contributed by atoms with van der Waals surface area (Å²) in [5.74, 6) is 0. The van der Waals surface area contributed by atoms with Crippen LogP contribution in [-0.4, -0.2) is 5.11 Å². The van der Waals surface area contributed by atoms with Crippen LogP contribution in [-0.2, 0) is 11.8 Å². The lowest BCUT2D eigenvalue weighted by molar-refractivity contribution is -0.140. The van der Waals surface area contributed by atoms with Gasteiger partial charge in [0.2, 0.25) is 0 Å². The highest BCUT2D eigenvalue weighted by Gasteiger charge is 2.38. The van der Waals surface area contributed by atoms with Crippen molar-refractivity contribution in [2.45, 2.75) is 51.3 Å². The molecule has 0 aromatic heterocycles. The number of hydrogen-bond acceptors (Lipinski definition) is 1. The van der Waals surface area contributed by atoms with Gasteiger partial charge in [-0.15, -0.1) is 0 Å². The Labute approximate surface area is 106 Å². The van der Waals surface area contributed by atoms with Crippen LogP contribution in [0.1, 0.15) is 50.7 Å². The second kappa shape index (κ2) is 5.74. The smallest absolute Gasteiger partial charge is 0.385 e. The molecule has 4 heteroatoms. The molecule has 1 atom stereocenters. The third kappa shape index (κ3) is 3.73. The van der Waals surface area contributed by atoms with Crippen LogP contribution in [0.2, 0.25) is 0 Å². The average Bonchev–Trinajstić information content (AvgIpc) is 2.28. The molecule has 0 aliphatic heterocycles. The van der Waals surface area contributed by atoms with Crippen molar-refractivity contribution in [3.8, 4) is 0 Å². The predicted octanol–water partition coefficient (Wildman–Crippen LogP) is 4.49. The maximum atomic E-state index is 12.9. The number of rotatable bonds is 5. The molecule has 0 saturated carbocycles. The fraction of sp³-hybridized carbons (Fsp3) is 0.571. The Morgan fingerprint density at radius 3 is 2.11 bits per heavy atom. The molecule has 0 fully saturated rings. The van der Waals surface area contributed by atoms with Crippen molar-refractivity contribution in [3.05, 3.63) is 35.4 Å². The van der Waals surface area contributed by atoms with E-state index in [9.17, 15) is 18.3 Å². The van der Waals surface area contributed by atoms with E-state index in [4.69, 9.17) is 0 Å². The summed E-state index contributed by atoms with van der Waals surface area (Å²) < 4.78 is 38.6. The van der Waals surface area contributed by atoms with Gasteiger partial charge in [0.1, 0.15) is 0 Å². The second-order valence-electron chi connectivity index (χ2n) is 4.77. The first-order valence-electron chi connectivity index (χ1n) is 6.18. The molecule has 1 nitrogen and oxygen atoms in total. The monoisotopic (exact) mass is 260 g/mol. The molecule has 1 aromatic rings. The third-order valence-electron chi connectivity index (χ3n) is 3.08. The van der Waals surface area contributed by atoms with Crippen molar-refractivity contribution in [2.24, 2.45) is 0 Å². The van der Waals surface area contributed by atoms with Crippen LogP contribution in [0, 0.1) is 0 Å². The van der Waals surface area contributed by atoms with Gasteiger partial charge in [0.15, 0.2) is 0 Å². The molecule has 0 spiro atoms. The Balaban J connectivity index is 3.00. The van der Waals surface area contributed by atoms with E-state index in [1.54, 1.807) is 0 Å². The summed E-state index contributed by atoms with van der Waals surface area (Å²) >= 11 is 0. The summed E-state index contributed by atoms with van der Waals surface area (Å²) in [6.45, 7) is 3.46. The zero-order valence-electron chi connectivity index (χ0n) is 10.7. The molecule has 0 radical (unpaired) electrons. The summed E-state index contributed by atoms with van der Waals surface area (Å²) in [6, 6.07) is 5.24. The highest BCUT2D eigenvalue weighted by molar-refractivity contribution is 5.34. The molecule has 0 amide bonds. The van der Waals surface area contributed by atoms with Crippen molar-refractivity contribution < 1.29 is 18.3 Å². The van der Waals surface area contributed by atoms with E-state index in [1.807, 2.05) is 6.92 Å². The predicted molar refractivity (Wildman–Crippen MR) is 65.2 cm³/mol. The molecule has 1 rings (SSSR count). The summed E-state index contributed by atoms with van der Waals surface area (Å²) in [5, 5.41) is 10.3. The number of halogens is 3. The normalized spacial score (nSPS) is 15.4. The van der Waals surface area contributed by atoms with Crippen molar-refractivity contribution in [1.29, 1.82) is 0 Å². The van der Waals surface area contributed by atoms with Crippen LogP contribution in [0.15, 0.2) is 24.3 Å². The molecule has 1 aromatic carbocycles. The molecule has 0 saturated heterocycles. The van der Waals surface area contributed by atoms with Crippen molar-refractivity contribution in [3.63, 3.8) is 0 Å². The lowest BCUT2D eigenvalue weighted by atomic mass is 9.87. The molecular formula is C14H19F3O. The largest absolute Gasteiger partial charge is 0.416 e. The molecule has 0 heterocycles. The van der Waals surface area contributed by atoms with Crippen LogP contribution < -0.4 is 0 Å².